The molecule has 7 rings (SSSR count). The van der Waals surface area contributed by atoms with Crippen LogP contribution in [0.25, 0.3) is 33.4 Å². The van der Waals surface area contributed by atoms with Gasteiger partial charge in [-0.3, -0.25) is 4.79 Å². The van der Waals surface area contributed by atoms with Crippen molar-refractivity contribution in [2.45, 2.75) is 57.3 Å². The molecule has 0 N–H and O–H groups in total. The molecule has 0 amide bonds. The lowest BCUT2D eigenvalue weighted by Gasteiger charge is -2.40. The molecule has 2 fully saturated rings. The Morgan fingerprint density at radius 3 is 2.42 bits per heavy atom. The van der Waals surface area contributed by atoms with E-state index in [4.69, 9.17) is 32.9 Å². The topological polar surface area (TPSA) is 169 Å². The number of hydrogen-bond donors (Lipinski definition) is 0. The highest BCUT2D eigenvalue weighted by molar-refractivity contribution is 6.07. The van der Waals surface area contributed by atoms with Gasteiger partial charge in [-0.15, -0.1) is 15.4 Å². The Bertz CT molecular complexity index is 2100. The van der Waals surface area contributed by atoms with Crippen molar-refractivity contribution < 1.29 is 42.9 Å². The van der Waals surface area contributed by atoms with E-state index in [2.05, 4.69) is 15.5 Å². The summed E-state index contributed by atoms with van der Waals surface area (Å²) in [6.07, 6.45) is 6.18. The number of fused-ring (bicyclic) bond motifs is 4. The molecule has 2 unspecified atom stereocenters. The van der Waals surface area contributed by atoms with Gasteiger partial charge in [0.25, 0.3) is 0 Å². The van der Waals surface area contributed by atoms with Gasteiger partial charge in [0.05, 0.1) is 70.8 Å². The van der Waals surface area contributed by atoms with E-state index in [0.717, 1.165) is 35.9 Å². The van der Waals surface area contributed by atoms with E-state index in [-0.39, 0.29) is 24.1 Å². The number of hydrogen-bond acceptors (Lipinski definition) is 13. The van der Waals surface area contributed by atoms with Crippen molar-refractivity contribution in [3.8, 4) is 28.2 Å². The molecule has 4 heterocycles. The van der Waals surface area contributed by atoms with Crippen LogP contribution in [-0.4, -0.2) is 97.2 Å². The average Bonchev–Trinajstić information content (AvgIpc) is 3.65. The summed E-state index contributed by atoms with van der Waals surface area (Å²) in [4.78, 5) is 30.3. The Labute approximate surface area is 317 Å². The SMILES string of the molecule is COC(=O)c1ccccc1-c1c2ccc(=O)cc-2oc2cc(OCc3cn(CCOCCOCCOCCON=C4CC5CCCC(C4)N5[O])nn3)ccc12. The minimum Gasteiger partial charge on any atom is -0.487 e. The largest absolute Gasteiger partial charge is 0.487 e. The fraction of sp³-hybridized carbons (Fsp3) is 0.425. The number of hydroxylamine groups is 2. The number of nitrogens with zero attached hydrogens (tertiary/aromatic N) is 5. The first-order valence-corrected chi connectivity index (χ1v) is 18.5. The molecular formula is C40H44N5O10. The molecule has 2 aromatic carbocycles. The van der Waals surface area contributed by atoms with Crippen molar-refractivity contribution in [1.82, 2.24) is 20.1 Å². The molecule has 4 aliphatic rings. The fourth-order valence-electron chi connectivity index (χ4n) is 7.05. The van der Waals surface area contributed by atoms with Crippen LogP contribution in [0, 0.1) is 0 Å². The van der Waals surface area contributed by atoms with E-state index in [1.807, 2.05) is 24.3 Å². The minimum absolute atomic E-state index is 0.0540. The molecule has 0 saturated carbocycles. The van der Waals surface area contributed by atoms with Crippen molar-refractivity contribution in [3.05, 3.63) is 88.3 Å². The van der Waals surface area contributed by atoms with Gasteiger partial charge in [-0.05, 0) is 48.7 Å². The molecule has 55 heavy (non-hydrogen) atoms. The zero-order chi connectivity index (χ0) is 38.0. The van der Waals surface area contributed by atoms with Crippen LogP contribution in [-0.2, 0) is 42.1 Å². The third-order valence-electron chi connectivity index (χ3n) is 9.70. The quantitative estimate of drug-likeness (QED) is 0.0490. The average molecular weight is 755 g/mol. The molecule has 2 atom stereocenters. The molecule has 1 aromatic heterocycles. The molecule has 0 spiro atoms. The van der Waals surface area contributed by atoms with Crippen LogP contribution in [0.1, 0.15) is 48.2 Å². The summed E-state index contributed by atoms with van der Waals surface area (Å²) >= 11 is 0. The molecule has 15 nitrogen and oxygen atoms in total. The highest BCUT2D eigenvalue weighted by Crippen LogP contribution is 2.42. The Kier molecular flexibility index (Phi) is 12.8. The van der Waals surface area contributed by atoms with Gasteiger partial charge in [-0.1, -0.05) is 35.0 Å². The summed E-state index contributed by atoms with van der Waals surface area (Å²) in [7, 11) is 1.34. The van der Waals surface area contributed by atoms with Crippen LogP contribution in [0.15, 0.2) is 81.2 Å². The van der Waals surface area contributed by atoms with Crippen LogP contribution in [0.4, 0.5) is 0 Å². The molecule has 3 aromatic rings. The normalized spacial score (nSPS) is 17.1. The highest BCUT2D eigenvalue weighted by Gasteiger charge is 2.37. The maximum atomic E-state index is 12.7. The Morgan fingerprint density at radius 2 is 1.64 bits per heavy atom. The van der Waals surface area contributed by atoms with Crippen molar-refractivity contribution >= 4 is 22.7 Å². The first-order valence-electron chi connectivity index (χ1n) is 18.5. The summed E-state index contributed by atoms with van der Waals surface area (Å²) in [5.41, 5.74) is 4.39. The zero-order valence-corrected chi connectivity index (χ0v) is 30.7. The molecule has 3 aliphatic heterocycles. The molecule has 1 aliphatic carbocycles. The number of rotatable bonds is 18. The molecule has 15 heteroatoms. The second-order valence-corrected chi connectivity index (χ2v) is 13.4. The summed E-state index contributed by atoms with van der Waals surface area (Å²) in [5.74, 6) is 0.451. The number of methoxy groups -OCH3 is 1. The first kappa shape index (κ1) is 38.1. The van der Waals surface area contributed by atoms with E-state index >= 15 is 0 Å². The summed E-state index contributed by atoms with van der Waals surface area (Å²) < 4.78 is 35.7. The van der Waals surface area contributed by atoms with Gasteiger partial charge in [0.15, 0.2) is 5.43 Å². The van der Waals surface area contributed by atoms with E-state index in [9.17, 15) is 14.8 Å². The maximum absolute atomic E-state index is 12.7. The molecule has 1 radical (unpaired) electrons. The van der Waals surface area contributed by atoms with Crippen molar-refractivity contribution in [3.63, 3.8) is 0 Å². The molecular weight excluding hydrogens is 710 g/mol. The summed E-state index contributed by atoms with van der Waals surface area (Å²) in [6.45, 7) is 3.65. The standard InChI is InChI=1S/C40H44N5O10/c1-49-40(47)34-8-3-2-7-33(34)39-35-11-9-31(46)23-37(35)55-38-24-32(10-12-36(38)39)53-26-28-25-44(43-41-28)13-14-50-15-16-51-17-18-52-19-20-54-42-27-21-29-5-4-6-30(22-27)45(29)48/h2-3,7-12,23-25,29-30H,4-6,13-22,26H2,1H3. The fourth-order valence-corrected chi connectivity index (χ4v) is 7.05. The Balaban J connectivity index is 0.816. The summed E-state index contributed by atoms with van der Waals surface area (Å²) in [5, 5.41) is 26.7. The number of oxime groups is 1. The van der Waals surface area contributed by atoms with Gasteiger partial charge in [0, 0.05) is 53.6 Å². The molecule has 289 valence electrons. The van der Waals surface area contributed by atoms with Crippen molar-refractivity contribution in [2.75, 3.05) is 53.4 Å². The number of esters is 1. The second-order valence-electron chi connectivity index (χ2n) is 13.4. The van der Waals surface area contributed by atoms with Gasteiger partial charge in [0.2, 0.25) is 0 Å². The predicted molar refractivity (Wildman–Crippen MR) is 199 cm³/mol. The third-order valence-corrected chi connectivity index (χ3v) is 9.70. The summed E-state index contributed by atoms with van der Waals surface area (Å²) in [6, 6.07) is 17.3. The van der Waals surface area contributed by atoms with Crippen molar-refractivity contribution in [1.29, 1.82) is 0 Å². The van der Waals surface area contributed by atoms with E-state index in [1.54, 1.807) is 35.1 Å². The van der Waals surface area contributed by atoms with Gasteiger partial charge in [0.1, 0.15) is 36.0 Å². The van der Waals surface area contributed by atoms with Gasteiger partial charge < -0.3 is 32.9 Å². The Hall–Kier alpha value is -5.19. The zero-order valence-electron chi connectivity index (χ0n) is 30.7. The van der Waals surface area contributed by atoms with Gasteiger partial charge in [-0.2, -0.15) is 0 Å². The lowest BCUT2D eigenvalue weighted by atomic mass is 9.85. The van der Waals surface area contributed by atoms with Crippen molar-refractivity contribution in [2.24, 2.45) is 5.16 Å². The van der Waals surface area contributed by atoms with Crippen LogP contribution in [0.5, 0.6) is 5.75 Å². The van der Waals surface area contributed by atoms with E-state index < -0.39 is 5.97 Å². The van der Waals surface area contributed by atoms with Crippen LogP contribution in [0.2, 0.25) is 0 Å². The lowest BCUT2D eigenvalue weighted by Crippen LogP contribution is -2.49. The third kappa shape index (κ3) is 9.55. The van der Waals surface area contributed by atoms with E-state index in [1.165, 1.54) is 24.3 Å². The second kappa shape index (κ2) is 18.4. The van der Waals surface area contributed by atoms with Gasteiger partial charge >= 0.3 is 5.97 Å². The number of carbonyl (C=O) groups excluding carboxylic acids is 1. The first-order chi connectivity index (χ1) is 27.0. The lowest BCUT2D eigenvalue weighted by molar-refractivity contribution is -0.231. The maximum Gasteiger partial charge on any atom is 0.338 e. The van der Waals surface area contributed by atoms with Crippen LogP contribution >= 0.6 is 0 Å². The smallest absolute Gasteiger partial charge is 0.338 e. The molecule has 2 bridgehead atoms. The number of benzene rings is 3. The molecule has 2 saturated heterocycles. The number of carbonyl (C=O) groups is 1. The monoisotopic (exact) mass is 754 g/mol. The van der Waals surface area contributed by atoms with Crippen LogP contribution < -0.4 is 10.2 Å². The highest BCUT2D eigenvalue weighted by atomic mass is 16.6. The number of aromatic nitrogens is 3. The number of ether oxygens (including phenoxy) is 5. The van der Waals surface area contributed by atoms with Crippen LogP contribution in [0.3, 0.4) is 0 Å². The number of piperidine rings is 2. The predicted octanol–water partition coefficient (Wildman–Crippen LogP) is 5.31. The minimum atomic E-state index is -0.466. The Morgan fingerprint density at radius 1 is 0.891 bits per heavy atom. The van der Waals surface area contributed by atoms with Gasteiger partial charge in [-0.25, -0.2) is 9.48 Å². The van der Waals surface area contributed by atoms with E-state index in [0.29, 0.717) is 105 Å².